The van der Waals surface area contributed by atoms with E-state index < -0.39 is 5.97 Å². The lowest BCUT2D eigenvalue weighted by atomic mass is 10.1. The van der Waals surface area contributed by atoms with Gasteiger partial charge in [-0.05, 0) is 24.1 Å². The summed E-state index contributed by atoms with van der Waals surface area (Å²) in [5.74, 6) is -1.38. The van der Waals surface area contributed by atoms with E-state index in [0.29, 0.717) is 0 Å². The van der Waals surface area contributed by atoms with Gasteiger partial charge in [0, 0.05) is 18.4 Å². The number of aliphatic carboxylic acids is 1. The first-order valence-electron chi connectivity index (χ1n) is 5.83. The summed E-state index contributed by atoms with van der Waals surface area (Å²) in [5, 5.41) is 11.2. The van der Waals surface area contributed by atoms with Crippen LogP contribution < -0.4 is 5.32 Å². The molecule has 1 aromatic rings. The second kappa shape index (κ2) is 5.16. The number of carboxylic acid groups (broad SMARTS) is 1. The largest absolute Gasteiger partial charge is 0.481 e. The molecule has 0 saturated heterocycles. The van der Waals surface area contributed by atoms with Crippen molar-refractivity contribution in [3.8, 4) is 0 Å². The average Bonchev–Trinajstić information content (AvgIpc) is 3.06. The molecule has 1 amide bonds. The van der Waals surface area contributed by atoms with E-state index in [9.17, 15) is 14.0 Å². The molecule has 2 N–H and O–H groups in total. The highest BCUT2D eigenvalue weighted by atomic mass is 19.1. The fraction of sp³-hybridized carbons (Fsp3) is 0.385. The highest BCUT2D eigenvalue weighted by Gasteiger charge is 2.39. The molecule has 0 bridgehead atoms. The average molecular weight is 251 g/mol. The molecule has 0 aromatic heterocycles. The van der Waals surface area contributed by atoms with Crippen LogP contribution in [0, 0.1) is 5.82 Å². The van der Waals surface area contributed by atoms with Gasteiger partial charge in [-0.1, -0.05) is 12.1 Å². The van der Waals surface area contributed by atoms with Crippen molar-refractivity contribution in [2.24, 2.45) is 0 Å². The van der Waals surface area contributed by atoms with Crippen molar-refractivity contribution in [3.05, 3.63) is 35.6 Å². The smallest absolute Gasteiger partial charge is 0.303 e. The van der Waals surface area contributed by atoms with E-state index in [1.807, 2.05) is 6.07 Å². The maximum absolute atomic E-state index is 13.0. The molecule has 18 heavy (non-hydrogen) atoms. The minimum absolute atomic E-state index is 0.00750. The summed E-state index contributed by atoms with van der Waals surface area (Å²) in [7, 11) is 0. The van der Waals surface area contributed by atoms with Crippen LogP contribution in [-0.2, 0) is 9.59 Å². The second-order valence-corrected chi connectivity index (χ2v) is 4.46. The number of amides is 1. The lowest BCUT2D eigenvalue weighted by molar-refractivity contribution is -0.138. The van der Waals surface area contributed by atoms with Crippen LogP contribution in [0.2, 0.25) is 0 Å². The van der Waals surface area contributed by atoms with Gasteiger partial charge in [0.05, 0.1) is 6.42 Å². The maximum Gasteiger partial charge on any atom is 0.303 e. The standard InChI is InChI=1S/C13H14FNO3/c14-9-3-1-2-8(6-9)10-7-11(10)15-12(16)4-5-13(17)18/h1-3,6,10-11H,4-5,7H2,(H,15,16)(H,17,18). The molecule has 1 aliphatic rings. The Bertz CT molecular complexity index is 475. The van der Waals surface area contributed by atoms with Crippen molar-refractivity contribution in [3.63, 3.8) is 0 Å². The van der Waals surface area contributed by atoms with E-state index in [1.54, 1.807) is 6.07 Å². The summed E-state index contributed by atoms with van der Waals surface area (Å²) in [6.45, 7) is 0. The van der Waals surface area contributed by atoms with Gasteiger partial charge in [-0.3, -0.25) is 9.59 Å². The number of hydrogen-bond acceptors (Lipinski definition) is 2. The van der Waals surface area contributed by atoms with E-state index in [-0.39, 0.29) is 36.5 Å². The molecule has 1 fully saturated rings. The van der Waals surface area contributed by atoms with Gasteiger partial charge < -0.3 is 10.4 Å². The quantitative estimate of drug-likeness (QED) is 0.836. The Morgan fingerprint density at radius 1 is 1.39 bits per heavy atom. The molecule has 2 rings (SSSR count). The molecular formula is C13H14FNO3. The molecule has 1 saturated carbocycles. The summed E-state index contributed by atoms with van der Waals surface area (Å²) < 4.78 is 13.0. The van der Waals surface area contributed by atoms with Gasteiger partial charge in [0.2, 0.25) is 5.91 Å². The first kappa shape index (κ1) is 12.5. The molecule has 96 valence electrons. The van der Waals surface area contributed by atoms with Gasteiger partial charge in [0.1, 0.15) is 5.82 Å². The van der Waals surface area contributed by atoms with E-state index in [0.717, 1.165) is 12.0 Å². The predicted octanol–water partition coefficient (Wildman–Crippen LogP) is 1.66. The molecule has 2 unspecified atom stereocenters. The van der Waals surface area contributed by atoms with Crippen LogP contribution in [0.15, 0.2) is 24.3 Å². The number of carbonyl (C=O) groups is 2. The third-order valence-corrected chi connectivity index (χ3v) is 2.98. The van der Waals surface area contributed by atoms with Crippen molar-refractivity contribution in [1.29, 1.82) is 0 Å². The molecule has 2 atom stereocenters. The van der Waals surface area contributed by atoms with Crippen molar-refractivity contribution in [2.45, 2.75) is 31.2 Å². The predicted molar refractivity (Wildman–Crippen MR) is 62.6 cm³/mol. The zero-order valence-electron chi connectivity index (χ0n) is 9.73. The SMILES string of the molecule is O=C(O)CCC(=O)NC1CC1c1cccc(F)c1. The van der Waals surface area contributed by atoms with E-state index in [4.69, 9.17) is 5.11 Å². The number of nitrogens with one attached hydrogen (secondary N) is 1. The van der Waals surface area contributed by atoms with Crippen molar-refractivity contribution in [2.75, 3.05) is 0 Å². The van der Waals surface area contributed by atoms with Gasteiger partial charge in [-0.15, -0.1) is 0 Å². The van der Waals surface area contributed by atoms with Crippen LogP contribution in [0.4, 0.5) is 4.39 Å². The van der Waals surface area contributed by atoms with Gasteiger partial charge in [0.15, 0.2) is 0 Å². The van der Waals surface area contributed by atoms with Crippen LogP contribution in [0.1, 0.15) is 30.7 Å². The number of carboxylic acids is 1. The number of hydrogen-bond donors (Lipinski definition) is 2. The summed E-state index contributed by atoms with van der Waals surface area (Å²) in [4.78, 5) is 21.7. The lowest BCUT2D eigenvalue weighted by Gasteiger charge is -2.04. The van der Waals surface area contributed by atoms with E-state index in [1.165, 1.54) is 12.1 Å². The first-order valence-corrected chi connectivity index (χ1v) is 5.83. The van der Waals surface area contributed by atoms with Gasteiger partial charge >= 0.3 is 5.97 Å². The van der Waals surface area contributed by atoms with Gasteiger partial charge in [-0.25, -0.2) is 4.39 Å². The molecule has 5 heteroatoms. The monoisotopic (exact) mass is 251 g/mol. The summed E-state index contributed by atoms with van der Waals surface area (Å²) >= 11 is 0. The minimum atomic E-state index is -0.984. The topological polar surface area (TPSA) is 66.4 Å². The Labute approximate surface area is 104 Å². The van der Waals surface area contributed by atoms with E-state index in [2.05, 4.69) is 5.32 Å². The molecular weight excluding hydrogens is 237 g/mol. The Morgan fingerprint density at radius 2 is 2.17 bits per heavy atom. The van der Waals surface area contributed by atoms with Crippen molar-refractivity contribution >= 4 is 11.9 Å². The fourth-order valence-corrected chi connectivity index (χ4v) is 1.96. The van der Waals surface area contributed by atoms with Crippen LogP contribution in [0.25, 0.3) is 0 Å². The highest BCUT2D eigenvalue weighted by molar-refractivity contribution is 5.81. The van der Waals surface area contributed by atoms with Crippen LogP contribution in [-0.4, -0.2) is 23.0 Å². The first-order chi connectivity index (χ1) is 8.56. The maximum atomic E-state index is 13.0. The van der Waals surface area contributed by atoms with Gasteiger partial charge in [-0.2, -0.15) is 0 Å². The highest BCUT2D eigenvalue weighted by Crippen LogP contribution is 2.40. The number of benzene rings is 1. The summed E-state index contributed by atoms with van der Waals surface area (Å²) in [6.07, 6.45) is 0.604. The number of carbonyl (C=O) groups excluding carboxylic acids is 1. The fourth-order valence-electron chi connectivity index (χ4n) is 1.96. The normalized spacial score (nSPS) is 21.4. The summed E-state index contributed by atoms with van der Waals surface area (Å²) in [6, 6.07) is 6.33. The third-order valence-electron chi connectivity index (χ3n) is 2.98. The molecule has 0 heterocycles. The third kappa shape index (κ3) is 3.29. The van der Waals surface area contributed by atoms with Crippen LogP contribution >= 0.6 is 0 Å². The molecule has 1 aromatic carbocycles. The Kier molecular flexibility index (Phi) is 3.60. The van der Waals surface area contributed by atoms with E-state index >= 15 is 0 Å². The molecule has 1 aliphatic carbocycles. The number of rotatable bonds is 5. The van der Waals surface area contributed by atoms with Gasteiger partial charge in [0.25, 0.3) is 0 Å². The molecule has 0 aliphatic heterocycles. The molecule has 0 radical (unpaired) electrons. The molecule has 0 spiro atoms. The van der Waals surface area contributed by atoms with Crippen molar-refractivity contribution in [1.82, 2.24) is 5.32 Å². The Balaban J connectivity index is 1.81. The van der Waals surface area contributed by atoms with Crippen molar-refractivity contribution < 1.29 is 19.1 Å². The Morgan fingerprint density at radius 3 is 2.83 bits per heavy atom. The van der Waals surface area contributed by atoms with Crippen LogP contribution in [0.3, 0.4) is 0 Å². The Hall–Kier alpha value is -1.91. The zero-order chi connectivity index (χ0) is 13.1. The number of halogens is 1. The lowest BCUT2D eigenvalue weighted by Crippen LogP contribution is -2.26. The second-order valence-electron chi connectivity index (χ2n) is 4.46. The molecule has 4 nitrogen and oxygen atoms in total. The summed E-state index contributed by atoms with van der Waals surface area (Å²) in [5.41, 5.74) is 0.874. The van der Waals surface area contributed by atoms with Crippen LogP contribution in [0.5, 0.6) is 0 Å². The zero-order valence-corrected chi connectivity index (χ0v) is 9.73. The minimum Gasteiger partial charge on any atom is -0.481 e.